The van der Waals surface area contributed by atoms with Gasteiger partial charge in [0.2, 0.25) is 0 Å². The fourth-order valence-corrected chi connectivity index (χ4v) is 2.00. The van der Waals surface area contributed by atoms with Crippen LogP contribution in [0.25, 0.3) is 5.57 Å². The highest BCUT2D eigenvalue weighted by molar-refractivity contribution is 8.01. The van der Waals surface area contributed by atoms with Crippen LogP contribution in [-0.2, 0) is 0 Å². The summed E-state index contributed by atoms with van der Waals surface area (Å²) in [7, 11) is 0. The third-order valence-corrected chi connectivity index (χ3v) is 3.12. The van der Waals surface area contributed by atoms with Gasteiger partial charge in [-0.2, -0.15) is 0 Å². The lowest BCUT2D eigenvalue weighted by Crippen LogP contribution is -1.79. The normalized spacial score (nSPS) is 11.2. The van der Waals surface area contributed by atoms with Crippen molar-refractivity contribution in [1.82, 2.24) is 0 Å². The van der Waals surface area contributed by atoms with E-state index in [1.54, 1.807) is 11.8 Å². The predicted octanol–water partition coefficient (Wildman–Crippen LogP) is 5.00. The second-order valence-electron chi connectivity index (χ2n) is 4.14. The van der Waals surface area contributed by atoms with Gasteiger partial charge in [-0.25, -0.2) is 0 Å². The van der Waals surface area contributed by atoms with Crippen molar-refractivity contribution in [2.24, 2.45) is 0 Å². The van der Waals surface area contributed by atoms with Gasteiger partial charge >= 0.3 is 0 Å². The number of thioether (sulfide) groups is 1. The van der Waals surface area contributed by atoms with Crippen molar-refractivity contribution < 1.29 is 0 Å². The van der Waals surface area contributed by atoms with Crippen molar-refractivity contribution in [2.45, 2.75) is 0 Å². The van der Waals surface area contributed by atoms with Crippen molar-refractivity contribution in [3.63, 3.8) is 0 Å². The van der Waals surface area contributed by atoms with E-state index >= 15 is 0 Å². The summed E-state index contributed by atoms with van der Waals surface area (Å²) in [5.74, 6) is 6.29. The van der Waals surface area contributed by atoms with E-state index in [4.69, 9.17) is 0 Å². The van der Waals surface area contributed by atoms with E-state index in [0.29, 0.717) is 0 Å². The molecule has 20 heavy (non-hydrogen) atoms. The summed E-state index contributed by atoms with van der Waals surface area (Å²) in [5.41, 5.74) is 3.34. The first-order valence-electron chi connectivity index (χ1n) is 6.41. The van der Waals surface area contributed by atoms with Crippen LogP contribution in [0.15, 0.2) is 78.2 Å². The van der Waals surface area contributed by atoms with E-state index in [2.05, 4.69) is 41.7 Å². The van der Waals surface area contributed by atoms with Crippen LogP contribution in [0.5, 0.6) is 0 Å². The standard InChI is InChI=1S/C19H16S/c1-20-16-15-19(18-12-6-3-7-13-18)14-8-11-17-9-4-2-5-10-17/h2-7,9-10,12-16H,1H3/b16-15+,19-14-. The number of benzene rings is 2. The highest BCUT2D eigenvalue weighted by Crippen LogP contribution is 2.16. The van der Waals surface area contributed by atoms with E-state index in [1.165, 1.54) is 5.56 Å². The van der Waals surface area contributed by atoms with Gasteiger partial charge in [0.25, 0.3) is 0 Å². The molecule has 1 heteroatoms. The van der Waals surface area contributed by atoms with Crippen LogP contribution < -0.4 is 0 Å². The molecule has 2 aromatic carbocycles. The molecule has 0 radical (unpaired) electrons. The van der Waals surface area contributed by atoms with Crippen LogP contribution in [0.4, 0.5) is 0 Å². The molecule has 0 aromatic heterocycles. The zero-order chi connectivity index (χ0) is 14.0. The maximum absolute atomic E-state index is 3.15. The van der Waals surface area contributed by atoms with E-state index in [-0.39, 0.29) is 0 Å². The predicted molar refractivity (Wildman–Crippen MR) is 90.4 cm³/mol. The molecule has 0 amide bonds. The van der Waals surface area contributed by atoms with Crippen LogP contribution in [0.1, 0.15) is 11.1 Å². The second kappa shape index (κ2) is 8.09. The maximum atomic E-state index is 3.15. The molecule has 0 aliphatic heterocycles. The van der Waals surface area contributed by atoms with Gasteiger partial charge in [-0.15, -0.1) is 11.8 Å². The minimum Gasteiger partial charge on any atom is -0.138 e. The molecule has 0 nitrogen and oxygen atoms in total. The molecule has 0 aliphatic carbocycles. The van der Waals surface area contributed by atoms with E-state index in [0.717, 1.165) is 11.1 Å². The Morgan fingerprint density at radius 1 is 0.950 bits per heavy atom. The molecule has 2 aromatic rings. The van der Waals surface area contributed by atoms with Crippen LogP contribution in [-0.4, -0.2) is 6.26 Å². The van der Waals surface area contributed by atoms with Crippen LogP contribution >= 0.6 is 11.8 Å². The first-order valence-corrected chi connectivity index (χ1v) is 7.70. The van der Waals surface area contributed by atoms with E-state index < -0.39 is 0 Å². The molecular formula is C19H16S. The molecule has 0 atom stereocenters. The summed E-state index contributed by atoms with van der Waals surface area (Å²) >= 11 is 1.68. The van der Waals surface area contributed by atoms with Gasteiger partial charge < -0.3 is 0 Å². The van der Waals surface area contributed by atoms with E-state index in [1.807, 2.05) is 54.6 Å². The number of rotatable bonds is 3. The zero-order valence-electron chi connectivity index (χ0n) is 11.4. The summed E-state index contributed by atoms with van der Waals surface area (Å²) in [5, 5.41) is 2.07. The molecule has 0 saturated heterocycles. The third-order valence-electron chi connectivity index (χ3n) is 2.71. The molecule has 0 spiro atoms. The highest BCUT2D eigenvalue weighted by atomic mass is 32.2. The van der Waals surface area contributed by atoms with E-state index in [9.17, 15) is 0 Å². The van der Waals surface area contributed by atoms with Crippen molar-refractivity contribution in [3.8, 4) is 11.8 Å². The van der Waals surface area contributed by atoms with Crippen molar-refractivity contribution in [3.05, 3.63) is 89.4 Å². The Hall–Kier alpha value is -2.17. The Morgan fingerprint density at radius 2 is 1.60 bits per heavy atom. The molecule has 0 bridgehead atoms. The summed E-state index contributed by atoms with van der Waals surface area (Å²) in [6.07, 6.45) is 6.11. The van der Waals surface area contributed by atoms with Crippen LogP contribution in [0, 0.1) is 11.8 Å². The minimum absolute atomic E-state index is 1.03. The molecule has 0 aliphatic rings. The summed E-state index contributed by atoms with van der Waals surface area (Å²) in [6, 6.07) is 20.3. The average molecular weight is 276 g/mol. The lowest BCUT2D eigenvalue weighted by Gasteiger charge is -1.99. The van der Waals surface area contributed by atoms with Gasteiger partial charge in [-0.05, 0) is 47.1 Å². The number of allylic oxidation sites excluding steroid dienone is 3. The van der Waals surface area contributed by atoms with Gasteiger partial charge in [-0.1, -0.05) is 60.4 Å². The quantitative estimate of drug-likeness (QED) is 0.561. The molecule has 0 unspecified atom stereocenters. The van der Waals surface area contributed by atoms with Gasteiger partial charge in [0.15, 0.2) is 0 Å². The summed E-state index contributed by atoms with van der Waals surface area (Å²) in [4.78, 5) is 0. The first kappa shape index (κ1) is 14.2. The Balaban J connectivity index is 2.26. The van der Waals surface area contributed by atoms with Crippen LogP contribution in [0.2, 0.25) is 0 Å². The van der Waals surface area contributed by atoms with Crippen molar-refractivity contribution in [2.75, 3.05) is 6.26 Å². The molecule has 2 rings (SSSR count). The van der Waals surface area contributed by atoms with Crippen LogP contribution in [0.3, 0.4) is 0 Å². The number of hydrogen-bond donors (Lipinski definition) is 0. The molecule has 0 N–H and O–H groups in total. The van der Waals surface area contributed by atoms with Crippen molar-refractivity contribution >= 4 is 17.3 Å². The molecule has 98 valence electrons. The monoisotopic (exact) mass is 276 g/mol. The Morgan fingerprint density at radius 3 is 2.25 bits per heavy atom. The van der Waals surface area contributed by atoms with Crippen molar-refractivity contribution in [1.29, 1.82) is 0 Å². The Labute approximate surface area is 125 Å². The van der Waals surface area contributed by atoms with Gasteiger partial charge in [-0.3, -0.25) is 0 Å². The minimum atomic E-state index is 1.03. The Kier molecular flexibility index (Phi) is 5.76. The number of hydrogen-bond acceptors (Lipinski definition) is 1. The molecule has 0 heterocycles. The average Bonchev–Trinajstić information content (AvgIpc) is 2.52. The molecule has 0 saturated carbocycles. The lowest BCUT2D eigenvalue weighted by atomic mass is 10.1. The first-order chi connectivity index (χ1) is 9.90. The fraction of sp³-hybridized carbons (Fsp3) is 0.0526. The van der Waals surface area contributed by atoms with Gasteiger partial charge in [0.1, 0.15) is 0 Å². The fourth-order valence-electron chi connectivity index (χ4n) is 1.72. The highest BCUT2D eigenvalue weighted by Gasteiger charge is 1.94. The third kappa shape index (κ3) is 4.50. The molecule has 0 fully saturated rings. The summed E-state index contributed by atoms with van der Waals surface area (Å²) in [6.45, 7) is 0. The van der Waals surface area contributed by atoms with Gasteiger partial charge in [0, 0.05) is 5.56 Å². The smallest absolute Gasteiger partial charge is 0.0248 e. The zero-order valence-corrected chi connectivity index (χ0v) is 12.2. The Bertz CT molecular complexity index is 640. The second-order valence-corrected chi connectivity index (χ2v) is 4.88. The van der Waals surface area contributed by atoms with Gasteiger partial charge in [0.05, 0.1) is 0 Å². The largest absolute Gasteiger partial charge is 0.138 e. The molecular weight excluding hydrogens is 260 g/mol. The lowest BCUT2D eigenvalue weighted by molar-refractivity contribution is 1.62. The SMILES string of the molecule is CS/C=C/C(=C/C#Cc1ccccc1)c1ccccc1. The maximum Gasteiger partial charge on any atom is 0.0248 e. The summed E-state index contributed by atoms with van der Waals surface area (Å²) < 4.78 is 0. The topological polar surface area (TPSA) is 0 Å².